The Labute approximate surface area is 86.7 Å². The minimum Gasteiger partial charge on any atom is -0.493 e. The molecule has 0 saturated heterocycles. The molecule has 0 saturated carbocycles. The van der Waals surface area contributed by atoms with E-state index in [0.717, 1.165) is 5.82 Å². The molecule has 2 heterocycles. The first-order chi connectivity index (χ1) is 7.40. The second kappa shape index (κ2) is 4.41. The number of methoxy groups -OCH3 is 1. The number of aromatic amines is 1. The molecule has 0 fully saturated rings. The molecule has 2 rings (SSSR count). The maximum Gasteiger partial charge on any atom is 0.169 e. The van der Waals surface area contributed by atoms with Crippen LogP contribution >= 0.6 is 0 Å². The van der Waals surface area contributed by atoms with Gasteiger partial charge in [-0.25, -0.2) is 9.97 Å². The van der Waals surface area contributed by atoms with Crippen molar-refractivity contribution in [3.63, 3.8) is 0 Å². The molecule has 0 atom stereocenters. The van der Waals surface area contributed by atoms with Crippen molar-refractivity contribution in [2.24, 2.45) is 0 Å². The normalized spacial score (nSPS) is 9.93. The number of nitrogens with one attached hydrogen (secondary N) is 2. The summed E-state index contributed by atoms with van der Waals surface area (Å²) in [6.07, 6.45) is 3.16. The number of rotatable bonds is 4. The Bertz CT molecular complexity index is 414. The van der Waals surface area contributed by atoms with Crippen molar-refractivity contribution in [2.45, 2.75) is 6.54 Å². The van der Waals surface area contributed by atoms with Crippen molar-refractivity contribution >= 4 is 5.82 Å². The third kappa shape index (κ3) is 2.22. The van der Waals surface area contributed by atoms with E-state index in [2.05, 4.69) is 25.5 Å². The first kappa shape index (κ1) is 9.45. The molecule has 78 valence electrons. The van der Waals surface area contributed by atoms with Gasteiger partial charge in [-0.15, -0.1) is 0 Å². The Balaban J connectivity index is 2.04. The molecule has 15 heavy (non-hydrogen) atoms. The molecule has 0 amide bonds. The second-order valence-electron chi connectivity index (χ2n) is 2.84. The number of pyridine rings is 1. The fraction of sp³-hybridized carbons (Fsp3) is 0.222. The summed E-state index contributed by atoms with van der Waals surface area (Å²) in [5.41, 5.74) is 0. The Kier molecular flexibility index (Phi) is 2.77. The van der Waals surface area contributed by atoms with E-state index in [1.807, 2.05) is 12.1 Å². The molecule has 2 aromatic heterocycles. The topological polar surface area (TPSA) is 75.7 Å². The summed E-state index contributed by atoms with van der Waals surface area (Å²) in [6.45, 7) is 0.535. The summed E-state index contributed by atoms with van der Waals surface area (Å²) >= 11 is 0. The lowest BCUT2D eigenvalue weighted by Gasteiger charge is -2.07. The van der Waals surface area contributed by atoms with Crippen molar-refractivity contribution in [3.05, 3.63) is 30.5 Å². The Morgan fingerprint density at radius 1 is 1.47 bits per heavy atom. The highest BCUT2D eigenvalue weighted by atomic mass is 16.5. The van der Waals surface area contributed by atoms with E-state index in [4.69, 9.17) is 4.74 Å². The number of hydrogen-bond acceptors (Lipinski definition) is 5. The van der Waals surface area contributed by atoms with E-state index < -0.39 is 0 Å². The van der Waals surface area contributed by atoms with E-state index in [0.29, 0.717) is 18.1 Å². The molecule has 6 nitrogen and oxygen atoms in total. The number of nitrogens with zero attached hydrogens (tertiary/aromatic N) is 3. The number of hydrogen-bond donors (Lipinski definition) is 2. The molecular formula is C9H11N5O. The highest BCUT2D eigenvalue weighted by molar-refractivity contribution is 5.49. The van der Waals surface area contributed by atoms with E-state index in [1.165, 1.54) is 6.33 Å². The van der Waals surface area contributed by atoms with Crippen LogP contribution in [0.1, 0.15) is 5.82 Å². The van der Waals surface area contributed by atoms with Gasteiger partial charge in [0.05, 0.1) is 13.7 Å². The van der Waals surface area contributed by atoms with Gasteiger partial charge in [-0.2, -0.15) is 5.10 Å². The van der Waals surface area contributed by atoms with E-state index in [-0.39, 0.29) is 0 Å². The van der Waals surface area contributed by atoms with Crippen molar-refractivity contribution < 1.29 is 4.74 Å². The monoisotopic (exact) mass is 205 g/mol. The van der Waals surface area contributed by atoms with Gasteiger partial charge in [0.15, 0.2) is 11.6 Å². The van der Waals surface area contributed by atoms with Gasteiger partial charge >= 0.3 is 0 Å². The zero-order valence-corrected chi connectivity index (χ0v) is 8.27. The predicted octanol–water partition coefficient (Wildman–Crippen LogP) is 0.820. The van der Waals surface area contributed by atoms with Gasteiger partial charge in [0, 0.05) is 6.20 Å². The minimum atomic E-state index is 0.535. The quantitative estimate of drug-likeness (QED) is 0.772. The van der Waals surface area contributed by atoms with Crippen molar-refractivity contribution in [1.82, 2.24) is 20.2 Å². The first-order valence-corrected chi connectivity index (χ1v) is 4.47. The van der Waals surface area contributed by atoms with Gasteiger partial charge in [-0.1, -0.05) is 0 Å². The highest BCUT2D eigenvalue weighted by Gasteiger charge is 2.02. The van der Waals surface area contributed by atoms with Gasteiger partial charge in [-0.05, 0) is 12.1 Å². The van der Waals surface area contributed by atoms with Crippen LogP contribution in [-0.2, 0) is 6.54 Å². The molecule has 6 heteroatoms. The molecule has 2 aromatic rings. The Morgan fingerprint density at radius 3 is 3.13 bits per heavy atom. The van der Waals surface area contributed by atoms with E-state index >= 15 is 0 Å². The number of anilines is 1. The summed E-state index contributed by atoms with van der Waals surface area (Å²) in [5, 5.41) is 9.60. The van der Waals surface area contributed by atoms with E-state index in [1.54, 1.807) is 13.3 Å². The molecule has 0 spiro atoms. The van der Waals surface area contributed by atoms with Crippen LogP contribution in [0.4, 0.5) is 5.82 Å². The summed E-state index contributed by atoms with van der Waals surface area (Å²) in [4.78, 5) is 8.14. The van der Waals surface area contributed by atoms with Crippen LogP contribution in [0.25, 0.3) is 0 Å². The van der Waals surface area contributed by atoms with Gasteiger partial charge in [0.25, 0.3) is 0 Å². The van der Waals surface area contributed by atoms with Crippen LogP contribution in [0, 0.1) is 0 Å². The SMILES string of the molecule is COc1cccnc1NCc1ncn[nH]1. The maximum atomic E-state index is 5.14. The highest BCUT2D eigenvalue weighted by Crippen LogP contribution is 2.19. The number of ether oxygens (including phenoxy) is 1. The van der Waals surface area contributed by atoms with Gasteiger partial charge < -0.3 is 10.1 Å². The molecule has 0 radical (unpaired) electrons. The first-order valence-electron chi connectivity index (χ1n) is 4.47. The number of aromatic nitrogens is 4. The van der Waals surface area contributed by atoms with Gasteiger partial charge in [0.2, 0.25) is 0 Å². The Morgan fingerprint density at radius 2 is 2.40 bits per heavy atom. The van der Waals surface area contributed by atoms with Gasteiger partial charge in [-0.3, -0.25) is 5.10 Å². The molecule has 2 N–H and O–H groups in total. The maximum absolute atomic E-state index is 5.14. The third-order valence-electron chi connectivity index (χ3n) is 1.88. The molecule has 0 aliphatic rings. The van der Waals surface area contributed by atoms with Crippen LogP contribution in [0.2, 0.25) is 0 Å². The molecule has 0 bridgehead atoms. The standard InChI is InChI=1S/C9H11N5O/c1-15-7-3-2-4-10-9(7)11-5-8-12-6-13-14-8/h2-4,6H,5H2,1H3,(H,10,11)(H,12,13,14). The fourth-order valence-electron chi connectivity index (χ4n) is 1.17. The molecule has 0 unspecified atom stereocenters. The zero-order valence-electron chi connectivity index (χ0n) is 8.27. The molecule has 0 aliphatic carbocycles. The van der Waals surface area contributed by atoms with Crippen LogP contribution in [0.15, 0.2) is 24.7 Å². The van der Waals surface area contributed by atoms with E-state index in [9.17, 15) is 0 Å². The summed E-state index contributed by atoms with van der Waals surface area (Å²) in [6, 6.07) is 3.66. The molecule has 0 aromatic carbocycles. The van der Waals surface area contributed by atoms with Crippen LogP contribution in [0.3, 0.4) is 0 Å². The lowest BCUT2D eigenvalue weighted by molar-refractivity contribution is 0.414. The average molecular weight is 205 g/mol. The smallest absolute Gasteiger partial charge is 0.169 e. The summed E-state index contributed by atoms with van der Waals surface area (Å²) in [7, 11) is 1.61. The summed E-state index contributed by atoms with van der Waals surface area (Å²) < 4.78 is 5.14. The van der Waals surface area contributed by atoms with Crippen LogP contribution in [0.5, 0.6) is 5.75 Å². The largest absolute Gasteiger partial charge is 0.493 e. The molecule has 0 aliphatic heterocycles. The second-order valence-corrected chi connectivity index (χ2v) is 2.84. The Hall–Kier alpha value is -2.11. The predicted molar refractivity (Wildman–Crippen MR) is 54.5 cm³/mol. The van der Waals surface area contributed by atoms with Crippen molar-refractivity contribution in [3.8, 4) is 5.75 Å². The number of H-pyrrole nitrogens is 1. The lowest BCUT2D eigenvalue weighted by atomic mass is 10.4. The van der Waals surface area contributed by atoms with Crippen LogP contribution < -0.4 is 10.1 Å². The van der Waals surface area contributed by atoms with Crippen LogP contribution in [-0.4, -0.2) is 27.3 Å². The fourth-order valence-corrected chi connectivity index (χ4v) is 1.17. The summed E-state index contributed by atoms with van der Waals surface area (Å²) in [5.74, 6) is 2.15. The van der Waals surface area contributed by atoms with Crippen molar-refractivity contribution in [1.29, 1.82) is 0 Å². The lowest BCUT2D eigenvalue weighted by Crippen LogP contribution is -2.04. The van der Waals surface area contributed by atoms with Gasteiger partial charge in [0.1, 0.15) is 12.2 Å². The molecular weight excluding hydrogens is 194 g/mol. The van der Waals surface area contributed by atoms with Crippen molar-refractivity contribution in [2.75, 3.05) is 12.4 Å². The zero-order chi connectivity index (χ0) is 10.5. The third-order valence-corrected chi connectivity index (χ3v) is 1.88. The minimum absolute atomic E-state index is 0.535. The average Bonchev–Trinajstić information content (AvgIpc) is 2.79.